The quantitative estimate of drug-likeness (QED) is 0.734. The van der Waals surface area contributed by atoms with Gasteiger partial charge in [0.05, 0.1) is 17.9 Å². The minimum absolute atomic E-state index is 0.315. The van der Waals surface area contributed by atoms with Gasteiger partial charge >= 0.3 is 5.97 Å². The van der Waals surface area contributed by atoms with Crippen molar-refractivity contribution >= 4 is 5.97 Å². The summed E-state index contributed by atoms with van der Waals surface area (Å²) in [5, 5.41) is 0. The van der Waals surface area contributed by atoms with Crippen molar-refractivity contribution in [3.05, 3.63) is 23.3 Å². The monoisotopic (exact) mass is 222 g/mol. The van der Waals surface area contributed by atoms with Crippen molar-refractivity contribution in [1.29, 1.82) is 0 Å². The van der Waals surface area contributed by atoms with Crippen LogP contribution in [0.1, 0.15) is 55.0 Å². The number of ether oxygens (including phenoxy) is 1. The fourth-order valence-corrected chi connectivity index (χ4v) is 1.31. The molecule has 1 unspecified atom stereocenters. The largest absolute Gasteiger partial charge is 0.462 e. The third-order valence-corrected chi connectivity index (χ3v) is 2.55. The highest BCUT2D eigenvalue weighted by Crippen LogP contribution is 2.15. The van der Waals surface area contributed by atoms with Crippen molar-refractivity contribution in [2.45, 2.75) is 40.0 Å². The molecule has 1 heterocycles. The maximum atomic E-state index is 11.5. The van der Waals surface area contributed by atoms with Crippen LogP contribution in [0.5, 0.6) is 0 Å². The van der Waals surface area contributed by atoms with E-state index in [0.717, 1.165) is 12.2 Å². The van der Waals surface area contributed by atoms with Gasteiger partial charge < -0.3 is 4.74 Å². The first-order valence-electron chi connectivity index (χ1n) is 5.60. The molecule has 0 N–H and O–H groups in total. The van der Waals surface area contributed by atoms with Crippen molar-refractivity contribution in [3.8, 4) is 0 Å². The van der Waals surface area contributed by atoms with E-state index < -0.39 is 0 Å². The van der Waals surface area contributed by atoms with Crippen LogP contribution in [0.15, 0.2) is 6.20 Å². The topological polar surface area (TPSA) is 52.1 Å². The van der Waals surface area contributed by atoms with Crippen LogP contribution in [0, 0.1) is 6.92 Å². The normalized spacial score (nSPS) is 12.2. The Morgan fingerprint density at radius 1 is 1.50 bits per heavy atom. The Labute approximate surface area is 96.1 Å². The van der Waals surface area contributed by atoms with Crippen molar-refractivity contribution in [2.24, 2.45) is 0 Å². The van der Waals surface area contributed by atoms with E-state index in [-0.39, 0.29) is 5.97 Å². The highest BCUT2D eigenvalue weighted by Gasteiger charge is 2.14. The van der Waals surface area contributed by atoms with Crippen LogP contribution in [0.2, 0.25) is 0 Å². The van der Waals surface area contributed by atoms with Gasteiger partial charge in [-0.2, -0.15) is 0 Å². The summed E-state index contributed by atoms with van der Waals surface area (Å²) in [5.74, 6) is 0.749. The number of aromatic nitrogens is 2. The Morgan fingerprint density at radius 3 is 2.69 bits per heavy atom. The number of nitrogens with zero attached hydrogens (tertiary/aromatic N) is 2. The van der Waals surface area contributed by atoms with Crippen molar-refractivity contribution in [3.63, 3.8) is 0 Å². The minimum atomic E-state index is -0.351. The summed E-state index contributed by atoms with van der Waals surface area (Å²) in [7, 11) is 0. The summed E-state index contributed by atoms with van der Waals surface area (Å²) < 4.78 is 4.92. The molecule has 0 fully saturated rings. The number of esters is 1. The van der Waals surface area contributed by atoms with E-state index in [4.69, 9.17) is 4.74 Å². The molecule has 4 heteroatoms. The number of carbonyl (C=O) groups excluding carboxylic acids is 1. The van der Waals surface area contributed by atoms with Gasteiger partial charge in [-0.05, 0) is 20.3 Å². The summed E-state index contributed by atoms with van der Waals surface area (Å²) in [5.41, 5.74) is 1.14. The van der Waals surface area contributed by atoms with E-state index in [2.05, 4.69) is 23.8 Å². The van der Waals surface area contributed by atoms with Crippen LogP contribution in [0.25, 0.3) is 0 Å². The second kappa shape index (κ2) is 5.58. The second-order valence-electron chi connectivity index (χ2n) is 3.76. The average molecular weight is 222 g/mol. The van der Waals surface area contributed by atoms with Crippen LogP contribution in [0.3, 0.4) is 0 Å². The highest BCUT2D eigenvalue weighted by molar-refractivity contribution is 5.90. The summed E-state index contributed by atoms with van der Waals surface area (Å²) in [6.45, 7) is 8.11. The second-order valence-corrected chi connectivity index (χ2v) is 3.76. The minimum Gasteiger partial charge on any atom is -0.462 e. The van der Waals surface area contributed by atoms with Crippen LogP contribution in [-0.4, -0.2) is 22.5 Å². The smallest absolute Gasteiger partial charge is 0.341 e. The van der Waals surface area contributed by atoms with Gasteiger partial charge in [-0.3, -0.25) is 0 Å². The molecule has 0 saturated heterocycles. The van der Waals surface area contributed by atoms with Gasteiger partial charge in [-0.25, -0.2) is 14.8 Å². The third kappa shape index (κ3) is 2.78. The Kier molecular flexibility index (Phi) is 4.40. The molecule has 0 aliphatic rings. The van der Waals surface area contributed by atoms with Gasteiger partial charge in [0.2, 0.25) is 0 Å². The lowest BCUT2D eigenvalue weighted by atomic mass is 10.1. The van der Waals surface area contributed by atoms with E-state index in [1.807, 2.05) is 0 Å². The van der Waals surface area contributed by atoms with Gasteiger partial charge in [0, 0.05) is 12.1 Å². The van der Waals surface area contributed by atoms with E-state index in [1.54, 1.807) is 20.0 Å². The summed E-state index contributed by atoms with van der Waals surface area (Å²) in [4.78, 5) is 20.1. The zero-order valence-electron chi connectivity index (χ0n) is 10.3. The molecular formula is C12H18N2O2. The van der Waals surface area contributed by atoms with E-state index in [0.29, 0.717) is 23.8 Å². The molecule has 0 spiro atoms. The maximum Gasteiger partial charge on any atom is 0.341 e. The Morgan fingerprint density at radius 2 is 2.19 bits per heavy atom. The van der Waals surface area contributed by atoms with Crippen LogP contribution in [-0.2, 0) is 4.74 Å². The maximum absolute atomic E-state index is 11.5. The molecular weight excluding hydrogens is 204 g/mol. The first-order valence-corrected chi connectivity index (χ1v) is 5.60. The first kappa shape index (κ1) is 12.6. The molecule has 0 aromatic carbocycles. The van der Waals surface area contributed by atoms with Crippen LogP contribution < -0.4 is 0 Å². The summed E-state index contributed by atoms with van der Waals surface area (Å²) in [6, 6.07) is 0. The van der Waals surface area contributed by atoms with Crippen LogP contribution in [0.4, 0.5) is 0 Å². The van der Waals surface area contributed by atoms with E-state index >= 15 is 0 Å². The van der Waals surface area contributed by atoms with Gasteiger partial charge in [-0.15, -0.1) is 0 Å². The number of aryl methyl sites for hydroxylation is 1. The molecule has 0 radical (unpaired) electrons. The molecule has 0 bridgehead atoms. The molecule has 88 valence electrons. The van der Waals surface area contributed by atoms with Gasteiger partial charge in [0.1, 0.15) is 5.82 Å². The van der Waals surface area contributed by atoms with E-state index in [1.165, 1.54) is 0 Å². The van der Waals surface area contributed by atoms with Gasteiger partial charge in [0.25, 0.3) is 0 Å². The lowest BCUT2D eigenvalue weighted by molar-refractivity contribution is 0.0524. The highest BCUT2D eigenvalue weighted by atomic mass is 16.5. The molecule has 16 heavy (non-hydrogen) atoms. The third-order valence-electron chi connectivity index (χ3n) is 2.55. The molecule has 1 aromatic heterocycles. The number of hydrogen-bond acceptors (Lipinski definition) is 4. The SMILES string of the molecule is CCOC(=O)c1cnc(C(C)CC)nc1C. The molecule has 1 rings (SSSR count). The Bertz CT molecular complexity index is 377. The molecule has 0 aliphatic heterocycles. The number of carbonyl (C=O) groups is 1. The number of rotatable bonds is 4. The first-order chi connectivity index (χ1) is 7.60. The molecule has 0 aliphatic carbocycles. The van der Waals surface area contributed by atoms with E-state index in [9.17, 15) is 4.79 Å². The average Bonchev–Trinajstić information content (AvgIpc) is 2.28. The lowest BCUT2D eigenvalue weighted by Crippen LogP contribution is -2.11. The lowest BCUT2D eigenvalue weighted by Gasteiger charge is -2.09. The summed E-state index contributed by atoms with van der Waals surface area (Å²) in [6.07, 6.45) is 2.54. The van der Waals surface area contributed by atoms with Crippen molar-refractivity contribution < 1.29 is 9.53 Å². The summed E-state index contributed by atoms with van der Waals surface area (Å²) >= 11 is 0. The zero-order chi connectivity index (χ0) is 12.1. The number of hydrogen-bond donors (Lipinski definition) is 0. The Hall–Kier alpha value is -1.45. The van der Waals surface area contributed by atoms with Gasteiger partial charge in [-0.1, -0.05) is 13.8 Å². The zero-order valence-corrected chi connectivity index (χ0v) is 10.3. The predicted molar refractivity (Wildman–Crippen MR) is 61.4 cm³/mol. The van der Waals surface area contributed by atoms with Crippen molar-refractivity contribution in [1.82, 2.24) is 9.97 Å². The van der Waals surface area contributed by atoms with Gasteiger partial charge in [0.15, 0.2) is 0 Å². The molecule has 0 amide bonds. The molecule has 1 atom stereocenters. The molecule has 0 saturated carbocycles. The van der Waals surface area contributed by atoms with Crippen LogP contribution >= 0.6 is 0 Å². The molecule has 4 nitrogen and oxygen atoms in total. The Balaban J connectivity index is 2.95. The molecule has 1 aromatic rings. The fourth-order valence-electron chi connectivity index (χ4n) is 1.31. The standard InChI is InChI=1S/C12H18N2O2/c1-5-8(3)11-13-7-10(9(4)14-11)12(15)16-6-2/h7-8H,5-6H2,1-4H3. The van der Waals surface area contributed by atoms with Crippen molar-refractivity contribution in [2.75, 3.05) is 6.61 Å². The fraction of sp³-hybridized carbons (Fsp3) is 0.583. The predicted octanol–water partition coefficient (Wildman–Crippen LogP) is 2.48.